The molecule has 0 atom stereocenters. The Kier molecular flexibility index (Phi) is 5.98. The molecule has 0 spiro atoms. The molecule has 6 heteroatoms. The van der Waals surface area contributed by atoms with Crippen LogP contribution in [-0.4, -0.2) is 25.1 Å². The molecule has 2 amide bonds. The van der Waals surface area contributed by atoms with Gasteiger partial charge >= 0.3 is 6.03 Å². The molecule has 122 valence electrons. The summed E-state index contributed by atoms with van der Waals surface area (Å²) in [7, 11) is 3.31. The molecule has 2 rings (SSSR count). The van der Waals surface area contributed by atoms with E-state index in [9.17, 15) is 9.18 Å². The fourth-order valence-electron chi connectivity index (χ4n) is 2.11. The van der Waals surface area contributed by atoms with Crippen LogP contribution >= 0.6 is 15.9 Å². The van der Waals surface area contributed by atoms with Crippen LogP contribution < -0.4 is 10.1 Å². The van der Waals surface area contributed by atoms with Crippen LogP contribution in [0.25, 0.3) is 0 Å². The molecular weight excluding hydrogens is 363 g/mol. The highest BCUT2D eigenvalue weighted by atomic mass is 79.9. The Balaban J connectivity index is 1.94. The summed E-state index contributed by atoms with van der Waals surface area (Å²) < 4.78 is 19.1. The predicted octanol–water partition coefficient (Wildman–Crippen LogP) is 3.94. The average Bonchev–Trinajstić information content (AvgIpc) is 2.54. The topological polar surface area (TPSA) is 41.6 Å². The lowest BCUT2D eigenvalue weighted by atomic mass is 10.2. The number of ether oxygens (including phenoxy) is 1. The van der Waals surface area contributed by atoms with Gasteiger partial charge in [-0.05, 0) is 35.9 Å². The Hall–Kier alpha value is -2.08. The molecule has 0 saturated carbocycles. The number of amides is 2. The molecule has 0 saturated heterocycles. The predicted molar refractivity (Wildman–Crippen MR) is 90.8 cm³/mol. The zero-order valence-corrected chi connectivity index (χ0v) is 14.6. The smallest absolute Gasteiger partial charge is 0.317 e. The summed E-state index contributed by atoms with van der Waals surface area (Å²) in [6.07, 6.45) is 0. The summed E-state index contributed by atoms with van der Waals surface area (Å²) >= 11 is 3.41. The van der Waals surface area contributed by atoms with E-state index in [2.05, 4.69) is 21.2 Å². The molecule has 0 aliphatic carbocycles. The third-order valence-corrected chi connectivity index (χ3v) is 3.85. The molecule has 0 aliphatic rings. The van der Waals surface area contributed by atoms with Crippen molar-refractivity contribution >= 4 is 22.0 Å². The zero-order chi connectivity index (χ0) is 16.8. The van der Waals surface area contributed by atoms with Crippen LogP contribution in [0.15, 0.2) is 46.9 Å². The standard InChI is InChI=1S/C17H18BrFN2O2/c1-21(11-13-9-14(18)5-8-16(13)23-2)17(22)20-10-12-3-6-15(19)7-4-12/h3-9H,10-11H2,1-2H3,(H,20,22). The van der Waals surface area contributed by atoms with Gasteiger partial charge in [0.25, 0.3) is 0 Å². The minimum Gasteiger partial charge on any atom is -0.496 e. The van der Waals surface area contributed by atoms with Crippen molar-refractivity contribution in [1.82, 2.24) is 10.2 Å². The number of carbonyl (C=O) groups is 1. The molecule has 0 fully saturated rings. The van der Waals surface area contributed by atoms with Gasteiger partial charge in [0.15, 0.2) is 0 Å². The minimum absolute atomic E-state index is 0.212. The SMILES string of the molecule is COc1ccc(Br)cc1CN(C)C(=O)NCc1ccc(F)cc1. The number of urea groups is 1. The van der Waals surface area contributed by atoms with Crippen molar-refractivity contribution in [2.45, 2.75) is 13.1 Å². The maximum Gasteiger partial charge on any atom is 0.317 e. The Labute approximate surface area is 143 Å². The molecule has 0 bridgehead atoms. The first kappa shape index (κ1) is 17.3. The van der Waals surface area contributed by atoms with Crippen LogP contribution in [0.4, 0.5) is 9.18 Å². The molecule has 0 heterocycles. The van der Waals surface area contributed by atoms with E-state index in [1.54, 1.807) is 31.2 Å². The third kappa shape index (κ3) is 4.96. The van der Waals surface area contributed by atoms with E-state index in [-0.39, 0.29) is 11.8 Å². The van der Waals surface area contributed by atoms with Gasteiger partial charge in [0.05, 0.1) is 13.7 Å². The van der Waals surface area contributed by atoms with Crippen LogP contribution in [0.1, 0.15) is 11.1 Å². The largest absolute Gasteiger partial charge is 0.496 e. The Bertz CT molecular complexity index is 677. The van der Waals surface area contributed by atoms with Gasteiger partial charge in [-0.2, -0.15) is 0 Å². The number of methoxy groups -OCH3 is 1. The van der Waals surface area contributed by atoms with Crippen molar-refractivity contribution in [3.63, 3.8) is 0 Å². The molecule has 4 nitrogen and oxygen atoms in total. The van der Waals surface area contributed by atoms with Gasteiger partial charge in [-0.1, -0.05) is 28.1 Å². The zero-order valence-electron chi connectivity index (χ0n) is 13.0. The van der Waals surface area contributed by atoms with E-state index in [0.29, 0.717) is 13.1 Å². The monoisotopic (exact) mass is 380 g/mol. The molecular formula is C17H18BrFN2O2. The summed E-state index contributed by atoms with van der Waals surface area (Å²) in [4.78, 5) is 13.7. The molecule has 0 unspecified atom stereocenters. The van der Waals surface area contributed by atoms with Gasteiger partial charge < -0.3 is 15.0 Å². The van der Waals surface area contributed by atoms with Crippen LogP contribution in [0.5, 0.6) is 5.75 Å². The van der Waals surface area contributed by atoms with E-state index in [0.717, 1.165) is 21.3 Å². The van der Waals surface area contributed by atoms with Crippen molar-refractivity contribution in [1.29, 1.82) is 0 Å². The number of carbonyl (C=O) groups excluding carboxylic acids is 1. The summed E-state index contributed by atoms with van der Waals surface area (Å²) in [5.41, 5.74) is 1.74. The van der Waals surface area contributed by atoms with Crippen LogP contribution in [0, 0.1) is 5.82 Å². The van der Waals surface area contributed by atoms with E-state index < -0.39 is 0 Å². The van der Waals surface area contributed by atoms with E-state index >= 15 is 0 Å². The molecule has 0 aromatic heterocycles. The Morgan fingerprint density at radius 1 is 1.26 bits per heavy atom. The first-order chi connectivity index (χ1) is 11.0. The number of nitrogens with zero attached hydrogens (tertiary/aromatic N) is 1. The highest BCUT2D eigenvalue weighted by Crippen LogP contribution is 2.24. The second kappa shape index (κ2) is 7.97. The van der Waals surface area contributed by atoms with Crippen molar-refractivity contribution in [3.8, 4) is 5.75 Å². The highest BCUT2D eigenvalue weighted by Gasteiger charge is 2.12. The van der Waals surface area contributed by atoms with Gasteiger partial charge in [-0.25, -0.2) is 9.18 Å². The summed E-state index contributed by atoms with van der Waals surface area (Å²) in [6.45, 7) is 0.761. The van der Waals surface area contributed by atoms with E-state index in [1.165, 1.54) is 12.1 Å². The van der Waals surface area contributed by atoms with Crippen molar-refractivity contribution in [3.05, 3.63) is 63.9 Å². The summed E-state index contributed by atoms with van der Waals surface area (Å²) in [5.74, 6) is 0.435. The van der Waals surface area contributed by atoms with Gasteiger partial charge in [0.2, 0.25) is 0 Å². The molecule has 0 aliphatic heterocycles. The second-order valence-electron chi connectivity index (χ2n) is 5.10. The number of nitrogens with one attached hydrogen (secondary N) is 1. The Morgan fingerprint density at radius 2 is 1.96 bits per heavy atom. The van der Waals surface area contributed by atoms with E-state index in [4.69, 9.17) is 4.74 Å². The second-order valence-corrected chi connectivity index (χ2v) is 6.01. The van der Waals surface area contributed by atoms with Crippen LogP contribution in [0.2, 0.25) is 0 Å². The maximum absolute atomic E-state index is 12.8. The number of hydrogen-bond donors (Lipinski definition) is 1. The number of rotatable bonds is 5. The first-order valence-corrected chi connectivity index (χ1v) is 7.84. The maximum atomic E-state index is 12.8. The lowest BCUT2D eigenvalue weighted by Crippen LogP contribution is -2.36. The normalized spacial score (nSPS) is 10.3. The van der Waals surface area contributed by atoms with Gasteiger partial charge in [0, 0.05) is 23.6 Å². The highest BCUT2D eigenvalue weighted by molar-refractivity contribution is 9.10. The average molecular weight is 381 g/mol. The van der Waals surface area contributed by atoms with E-state index in [1.807, 2.05) is 18.2 Å². The lowest BCUT2D eigenvalue weighted by Gasteiger charge is -2.19. The van der Waals surface area contributed by atoms with Crippen molar-refractivity contribution < 1.29 is 13.9 Å². The Morgan fingerprint density at radius 3 is 2.61 bits per heavy atom. The fraction of sp³-hybridized carbons (Fsp3) is 0.235. The third-order valence-electron chi connectivity index (χ3n) is 3.35. The molecule has 0 radical (unpaired) electrons. The summed E-state index contributed by atoms with van der Waals surface area (Å²) in [6, 6.07) is 11.5. The van der Waals surface area contributed by atoms with Gasteiger partial charge in [-0.3, -0.25) is 0 Å². The molecule has 1 N–H and O–H groups in total. The molecule has 23 heavy (non-hydrogen) atoms. The number of halogens is 2. The van der Waals surface area contributed by atoms with Gasteiger partial charge in [0.1, 0.15) is 11.6 Å². The summed E-state index contributed by atoms with van der Waals surface area (Å²) in [5, 5.41) is 2.80. The first-order valence-electron chi connectivity index (χ1n) is 7.05. The van der Waals surface area contributed by atoms with Crippen LogP contribution in [-0.2, 0) is 13.1 Å². The van der Waals surface area contributed by atoms with Crippen LogP contribution in [0.3, 0.4) is 0 Å². The number of hydrogen-bond acceptors (Lipinski definition) is 2. The van der Waals surface area contributed by atoms with Crippen molar-refractivity contribution in [2.75, 3.05) is 14.2 Å². The van der Waals surface area contributed by atoms with Crippen molar-refractivity contribution in [2.24, 2.45) is 0 Å². The lowest BCUT2D eigenvalue weighted by molar-refractivity contribution is 0.206. The molecule has 2 aromatic rings. The minimum atomic E-state index is -0.293. The fourth-order valence-corrected chi connectivity index (χ4v) is 2.52. The van der Waals surface area contributed by atoms with Gasteiger partial charge in [-0.15, -0.1) is 0 Å². The molecule has 2 aromatic carbocycles. The quantitative estimate of drug-likeness (QED) is 0.853. The number of benzene rings is 2.